The van der Waals surface area contributed by atoms with Crippen LogP contribution in [0.25, 0.3) is 22.4 Å². The molecule has 1 amide bonds. The average Bonchev–Trinajstić information content (AvgIpc) is 3.14. The average molecular weight is 410 g/mol. The molecule has 0 bridgehead atoms. The molecule has 1 aliphatic carbocycles. The first-order valence-corrected chi connectivity index (χ1v) is 10.5. The molecular weight excluding hydrogens is 384 g/mol. The van der Waals surface area contributed by atoms with E-state index in [1.165, 1.54) is 0 Å². The molecule has 0 unspecified atom stereocenters. The number of amides is 1. The molecule has 2 aliphatic rings. The van der Waals surface area contributed by atoms with Crippen LogP contribution in [0.3, 0.4) is 0 Å². The molecule has 9 nitrogen and oxygen atoms in total. The molecule has 9 heteroatoms. The number of hydrogen-bond acceptors (Lipinski definition) is 7. The van der Waals surface area contributed by atoms with Crippen molar-refractivity contribution < 1.29 is 14.1 Å². The maximum atomic E-state index is 12.3. The number of aromatic nitrogens is 4. The molecule has 1 saturated carbocycles. The highest BCUT2D eigenvalue weighted by Gasteiger charge is 2.43. The van der Waals surface area contributed by atoms with Gasteiger partial charge in [0.25, 0.3) is 11.8 Å². The van der Waals surface area contributed by atoms with Gasteiger partial charge < -0.3 is 19.1 Å². The summed E-state index contributed by atoms with van der Waals surface area (Å²) in [6.45, 7) is 8.63. The molecule has 0 spiro atoms. The Hall–Kier alpha value is -3.10. The number of anilines is 1. The molecule has 0 N–H and O–H groups in total. The second-order valence-electron chi connectivity index (χ2n) is 8.65. The third kappa shape index (κ3) is 3.48. The van der Waals surface area contributed by atoms with Crippen molar-refractivity contribution in [1.82, 2.24) is 24.8 Å². The molecule has 3 aromatic rings. The fourth-order valence-electron chi connectivity index (χ4n) is 3.69. The van der Waals surface area contributed by atoms with E-state index in [2.05, 4.69) is 29.1 Å². The zero-order valence-corrected chi connectivity index (χ0v) is 17.5. The van der Waals surface area contributed by atoms with Crippen LogP contribution in [0.4, 0.5) is 10.7 Å². The third-order valence-corrected chi connectivity index (χ3v) is 5.86. The van der Waals surface area contributed by atoms with E-state index in [4.69, 9.17) is 9.26 Å². The number of piperazine rings is 1. The third-order valence-electron chi connectivity index (χ3n) is 5.86. The maximum Gasteiger partial charge on any atom is 0.410 e. The Bertz CT molecular complexity index is 1080. The van der Waals surface area contributed by atoms with Gasteiger partial charge in [-0.1, -0.05) is 6.07 Å². The Labute approximate surface area is 174 Å². The number of fused-ring (bicyclic) bond motifs is 1. The van der Waals surface area contributed by atoms with E-state index < -0.39 is 0 Å². The van der Waals surface area contributed by atoms with E-state index >= 15 is 0 Å². The zero-order valence-electron chi connectivity index (χ0n) is 17.5. The molecule has 1 aliphatic heterocycles. The fraction of sp³-hybridized carbons (Fsp3) is 0.524. The predicted octanol–water partition coefficient (Wildman–Crippen LogP) is 3.48. The SMILES string of the molecule is CC(C)n1ncc2ccc(-c3nc(N4CCN(C(=O)OC5(C)CC5)CC4)no3)cc21. The molecule has 1 aromatic carbocycles. The molecule has 0 radical (unpaired) electrons. The normalized spacial score (nSPS) is 18.3. The van der Waals surface area contributed by atoms with Gasteiger partial charge in [0.1, 0.15) is 5.60 Å². The highest BCUT2D eigenvalue weighted by molar-refractivity contribution is 5.83. The van der Waals surface area contributed by atoms with Gasteiger partial charge in [0.2, 0.25) is 0 Å². The van der Waals surface area contributed by atoms with Crippen molar-refractivity contribution in [1.29, 1.82) is 0 Å². The maximum absolute atomic E-state index is 12.3. The number of nitrogens with zero attached hydrogens (tertiary/aromatic N) is 6. The second-order valence-corrected chi connectivity index (χ2v) is 8.65. The van der Waals surface area contributed by atoms with Gasteiger partial charge in [-0.3, -0.25) is 4.68 Å². The van der Waals surface area contributed by atoms with E-state index in [-0.39, 0.29) is 17.7 Å². The first-order valence-electron chi connectivity index (χ1n) is 10.5. The lowest BCUT2D eigenvalue weighted by Crippen LogP contribution is -2.49. The molecular formula is C21H26N6O3. The predicted molar refractivity (Wildman–Crippen MR) is 111 cm³/mol. The summed E-state index contributed by atoms with van der Waals surface area (Å²) in [5.74, 6) is 1.02. The Morgan fingerprint density at radius 1 is 1.20 bits per heavy atom. The molecule has 5 rings (SSSR count). The van der Waals surface area contributed by atoms with Gasteiger partial charge in [-0.05, 0) is 50.9 Å². The van der Waals surface area contributed by atoms with E-state index in [0.717, 1.165) is 29.3 Å². The highest BCUT2D eigenvalue weighted by atomic mass is 16.6. The van der Waals surface area contributed by atoms with Gasteiger partial charge in [-0.25, -0.2) is 4.79 Å². The minimum absolute atomic E-state index is 0.224. The van der Waals surface area contributed by atoms with Crippen LogP contribution in [-0.4, -0.2) is 62.7 Å². The first kappa shape index (κ1) is 18.9. The quantitative estimate of drug-likeness (QED) is 0.650. The molecule has 2 aromatic heterocycles. The summed E-state index contributed by atoms with van der Waals surface area (Å²) >= 11 is 0. The van der Waals surface area contributed by atoms with Crippen molar-refractivity contribution in [2.45, 2.75) is 45.3 Å². The lowest BCUT2D eigenvalue weighted by Gasteiger charge is -2.33. The molecule has 2 fully saturated rings. The minimum atomic E-state index is -0.247. The van der Waals surface area contributed by atoms with Crippen LogP contribution in [0, 0.1) is 0 Å². The Morgan fingerprint density at radius 2 is 1.97 bits per heavy atom. The van der Waals surface area contributed by atoms with Crippen LogP contribution in [0.2, 0.25) is 0 Å². The molecule has 0 atom stereocenters. The number of rotatable bonds is 4. The Morgan fingerprint density at radius 3 is 2.67 bits per heavy atom. The van der Waals surface area contributed by atoms with E-state index in [0.29, 0.717) is 38.0 Å². The lowest BCUT2D eigenvalue weighted by atomic mass is 10.1. The zero-order chi connectivity index (χ0) is 20.9. The standard InChI is InChI=1S/C21H26N6O3/c1-14(2)27-17-12-15(4-5-16(17)13-22-27)18-23-19(24-30-18)25-8-10-26(11-9-25)20(28)29-21(3)6-7-21/h4-5,12-14H,6-11H2,1-3H3. The summed E-state index contributed by atoms with van der Waals surface area (Å²) in [7, 11) is 0. The van der Waals surface area contributed by atoms with Crippen LogP contribution >= 0.6 is 0 Å². The molecule has 30 heavy (non-hydrogen) atoms. The number of carbonyl (C=O) groups is 1. The van der Waals surface area contributed by atoms with Crippen molar-refractivity contribution >= 4 is 22.9 Å². The Kier molecular flexibility index (Phi) is 4.41. The first-order chi connectivity index (χ1) is 14.4. The van der Waals surface area contributed by atoms with Crippen molar-refractivity contribution in [3.63, 3.8) is 0 Å². The molecule has 158 valence electrons. The number of carbonyl (C=O) groups excluding carboxylic acids is 1. The van der Waals surface area contributed by atoms with E-state index in [1.54, 1.807) is 4.90 Å². The van der Waals surface area contributed by atoms with Crippen molar-refractivity contribution in [2.24, 2.45) is 0 Å². The summed E-state index contributed by atoms with van der Waals surface area (Å²) in [4.78, 5) is 20.7. The summed E-state index contributed by atoms with van der Waals surface area (Å²) in [6, 6.07) is 6.29. The topological polar surface area (TPSA) is 89.5 Å². The number of benzene rings is 1. The van der Waals surface area contributed by atoms with Crippen molar-refractivity contribution in [2.75, 3.05) is 31.1 Å². The monoisotopic (exact) mass is 410 g/mol. The van der Waals surface area contributed by atoms with Gasteiger partial charge in [-0.15, -0.1) is 0 Å². The fourth-order valence-corrected chi connectivity index (χ4v) is 3.69. The van der Waals surface area contributed by atoms with E-state index in [9.17, 15) is 4.79 Å². The largest absolute Gasteiger partial charge is 0.443 e. The van der Waals surface area contributed by atoms with Gasteiger partial charge in [0.15, 0.2) is 0 Å². The number of hydrogen-bond donors (Lipinski definition) is 0. The van der Waals surface area contributed by atoms with Gasteiger partial charge in [-0.2, -0.15) is 10.1 Å². The number of ether oxygens (including phenoxy) is 1. The van der Waals surface area contributed by atoms with Crippen LogP contribution in [-0.2, 0) is 4.74 Å². The van der Waals surface area contributed by atoms with Crippen LogP contribution in [0.15, 0.2) is 28.9 Å². The van der Waals surface area contributed by atoms with E-state index in [1.807, 2.05) is 40.9 Å². The van der Waals surface area contributed by atoms with Gasteiger partial charge >= 0.3 is 6.09 Å². The lowest BCUT2D eigenvalue weighted by molar-refractivity contribution is 0.0570. The van der Waals surface area contributed by atoms with Crippen molar-refractivity contribution in [3.05, 3.63) is 24.4 Å². The second kappa shape index (κ2) is 7.00. The summed E-state index contributed by atoms with van der Waals surface area (Å²) < 4.78 is 13.1. The van der Waals surface area contributed by atoms with Crippen LogP contribution in [0.1, 0.15) is 39.7 Å². The highest BCUT2D eigenvalue weighted by Crippen LogP contribution is 2.39. The minimum Gasteiger partial charge on any atom is -0.443 e. The van der Waals surface area contributed by atoms with Gasteiger partial charge in [0, 0.05) is 43.2 Å². The summed E-state index contributed by atoms with van der Waals surface area (Å²) in [5.41, 5.74) is 1.66. The summed E-state index contributed by atoms with van der Waals surface area (Å²) in [5, 5.41) is 9.70. The molecule has 3 heterocycles. The Balaban J connectivity index is 1.27. The summed E-state index contributed by atoms with van der Waals surface area (Å²) in [6.07, 6.45) is 3.55. The van der Waals surface area contributed by atoms with Crippen molar-refractivity contribution in [3.8, 4) is 11.5 Å². The molecule has 1 saturated heterocycles. The smallest absolute Gasteiger partial charge is 0.410 e. The van der Waals surface area contributed by atoms with Crippen LogP contribution in [0.5, 0.6) is 0 Å². The van der Waals surface area contributed by atoms with Crippen LogP contribution < -0.4 is 4.90 Å². The van der Waals surface area contributed by atoms with Gasteiger partial charge in [0.05, 0.1) is 11.7 Å².